The molecular weight excluding hydrogens is 483 g/mol. The summed E-state index contributed by atoms with van der Waals surface area (Å²) in [6.45, 7) is 6.13. The number of fused-ring (bicyclic) bond motifs is 4. The van der Waals surface area contributed by atoms with Crippen molar-refractivity contribution in [1.29, 1.82) is 0 Å². The first-order valence-corrected chi connectivity index (χ1v) is 12.6. The molecule has 5 nitrogen and oxygen atoms in total. The molecule has 0 radical (unpaired) electrons. The van der Waals surface area contributed by atoms with Crippen molar-refractivity contribution in [3.8, 4) is 5.75 Å². The number of ether oxygens (including phenoxy) is 2. The molecular formula is C28H38Cl2N2O3. The predicted octanol–water partition coefficient (Wildman–Crippen LogP) is 6.54. The van der Waals surface area contributed by atoms with Crippen molar-refractivity contribution in [2.45, 2.75) is 63.5 Å². The Morgan fingerprint density at radius 2 is 2.03 bits per heavy atom. The molecule has 4 aliphatic rings. The van der Waals surface area contributed by atoms with Gasteiger partial charge in [-0.25, -0.2) is 0 Å². The zero-order valence-electron chi connectivity index (χ0n) is 20.6. The predicted molar refractivity (Wildman–Crippen MR) is 145 cm³/mol. The second kappa shape index (κ2) is 12.4. The molecule has 7 heteroatoms. The number of benzene rings is 1. The van der Waals surface area contributed by atoms with E-state index in [2.05, 4.69) is 22.5 Å². The molecule has 5 atom stereocenters. The van der Waals surface area contributed by atoms with Gasteiger partial charge in [0, 0.05) is 30.1 Å². The summed E-state index contributed by atoms with van der Waals surface area (Å²) in [6.07, 6.45) is 12.5. The average Bonchev–Trinajstić information content (AvgIpc) is 3.39. The molecule has 192 valence electrons. The molecule has 6 rings (SSSR count). The minimum Gasteiger partial charge on any atom is -0.497 e. The highest BCUT2D eigenvalue weighted by Crippen LogP contribution is 2.44. The van der Waals surface area contributed by atoms with Gasteiger partial charge in [0.05, 0.1) is 18.7 Å². The quantitative estimate of drug-likeness (QED) is 0.292. The molecule has 0 amide bonds. The van der Waals surface area contributed by atoms with Gasteiger partial charge in [-0.3, -0.25) is 14.7 Å². The highest BCUT2D eigenvalue weighted by atomic mass is 35.5. The Bertz CT molecular complexity index is 1010. The Labute approximate surface area is 221 Å². The smallest absolute Gasteiger partial charge is 0.306 e. The van der Waals surface area contributed by atoms with E-state index in [-0.39, 0.29) is 42.9 Å². The van der Waals surface area contributed by atoms with Crippen LogP contribution in [0.1, 0.15) is 63.0 Å². The zero-order chi connectivity index (χ0) is 22.8. The van der Waals surface area contributed by atoms with Crippen LogP contribution in [0.15, 0.2) is 43.1 Å². The van der Waals surface area contributed by atoms with Crippen LogP contribution in [0.4, 0.5) is 0 Å². The van der Waals surface area contributed by atoms with Crippen molar-refractivity contribution in [1.82, 2.24) is 9.88 Å². The van der Waals surface area contributed by atoms with Gasteiger partial charge < -0.3 is 9.47 Å². The summed E-state index contributed by atoms with van der Waals surface area (Å²) >= 11 is 0. The van der Waals surface area contributed by atoms with E-state index < -0.39 is 0 Å². The van der Waals surface area contributed by atoms with E-state index in [1.807, 2.05) is 30.5 Å². The van der Waals surface area contributed by atoms with E-state index >= 15 is 0 Å². The van der Waals surface area contributed by atoms with Crippen LogP contribution in [0.2, 0.25) is 0 Å². The third-order valence-corrected chi connectivity index (χ3v) is 8.28. The van der Waals surface area contributed by atoms with Gasteiger partial charge in [-0.2, -0.15) is 0 Å². The number of nitrogens with zero attached hydrogens (tertiary/aromatic N) is 2. The SMILES string of the molecule is C=CC1CN2CCC1CC2C(OC(=O)CCC1CCCC1)c1ccnc2ccc(OC)cc12.Cl.Cl. The molecule has 1 aliphatic carbocycles. The third kappa shape index (κ3) is 5.95. The topological polar surface area (TPSA) is 51.7 Å². The van der Waals surface area contributed by atoms with Crippen LogP contribution in [0, 0.1) is 17.8 Å². The Balaban J connectivity index is 0.00000171. The average molecular weight is 522 g/mol. The van der Waals surface area contributed by atoms with Crippen LogP contribution in [-0.4, -0.2) is 42.1 Å². The number of pyridine rings is 1. The second-order valence-corrected chi connectivity index (χ2v) is 10.1. The summed E-state index contributed by atoms with van der Waals surface area (Å²) in [7, 11) is 1.68. The van der Waals surface area contributed by atoms with Crippen LogP contribution in [-0.2, 0) is 9.53 Å². The zero-order valence-corrected chi connectivity index (χ0v) is 22.2. The lowest BCUT2D eigenvalue weighted by molar-refractivity contribution is -0.157. The number of methoxy groups -OCH3 is 1. The number of carbonyl (C=O) groups excluding carboxylic acids is 1. The fraction of sp³-hybridized carbons (Fsp3) is 0.571. The monoisotopic (exact) mass is 520 g/mol. The fourth-order valence-electron chi connectivity index (χ4n) is 6.38. The summed E-state index contributed by atoms with van der Waals surface area (Å²) in [6, 6.07) is 8.16. The molecule has 0 spiro atoms. The molecule has 0 N–H and O–H groups in total. The first kappa shape index (κ1) is 27.8. The van der Waals surface area contributed by atoms with Crippen molar-refractivity contribution in [2.75, 3.05) is 20.2 Å². The largest absolute Gasteiger partial charge is 0.497 e. The van der Waals surface area contributed by atoms with Gasteiger partial charge in [-0.05, 0) is 67.8 Å². The first-order valence-electron chi connectivity index (χ1n) is 12.6. The number of hydrogen-bond acceptors (Lipinski definition) is 5. The summed E-state index contributed by atoms with van der Waals surface area (Å²) in [5, 5.41) is 1.01. The van der Waals surface area contributed by atoms with E-state index in [1.165, 1.54) is 32.1 Å². The lowest BCUT2D eigenvalue weighted by atomic mass is 9.73. The fourth-order valence-corrected chi connectivity index (χ4v) is 6.38. The maximum absolute atomic E-state index is 13.1. The number of rotatable bonds is 8. The van der Waals surface area contributed by atoms with Crippen molar-refractivity contribution in [3.63, 3.8) is 0 Å². The molecule has 1 saturated carbocycles. The number of carbonyl (C=O) groups is 1. The van der Waals surface area contributed by atoms with Crippen LogP contribution < -0.4 is 4.74 Å². The van der Waals surface area contributed by atoms with Gasteiger partial charge in [0.15, 0.2) is 0 Å². The van der Waals surface area contributed by atoms with Crippen molar-refractivity contribution >= 4 is 41.7 Å². The van der Waals surface area contributed by atoms with Gasteiger partial charge in [-0.1, -0.05) is 31.8 Å². The Hall–Kier alpha value is -1.82. The Morgan fingerprint density at radius 3 is 2.71 bits per heavy atom. The molecule has 4 fully saturated rings. The van der Waals surface area contributed by atoms with Crippen molar-refractivity contribution < 1.29 is 14.3 Å². The van der Waals surface area contributed by atoms with Gasteiger partial charge >= 0.3 is 5.97 Å². The molecule has 2 bridgehead atoms. The van der Waals surface area contributed by atoms with E-state index in [0.29, 0.717) is 24.2 Å². The third-order valence-electron chi connectivity index (χ3n) is 8.28. The van der Waals surface area contributed by atoms with Gasteiger partial charge in [0.2, 0.25) is 0 Å². The van der Waals surface area contributed by atoms with E-state index in [0.717, 1.165) is 48.1 Å². The summed E-state index contributed by atoms with van der Waals surface area (Å²) in [5.74, 6) is 2.55. The van der Waals surface area contributed by atoms with Crippen molar-refractivity contribution in [2.24, 2.45) is 17.8 Å². The minimum atomic E-state index is -0.299. The molecule has 3 aliphatic heterocycles. The highest BCUT2D eigenvalue weighted by molar-refractivity contribution is 5.86. The summed E-state index contributed by atoms with van der Waals surface area (Å²) in [4.78, 5) is 20.2. The maximum atomic E-state index is 13.1. The molecule has 1 aromatic carbocycles. The second-order valence-electron chi connectivity index (χ2n) is 10.1. The summed E-state index contributed by atoms with van der Waals surface area (Å²) < 4.78 is 11.9. The molecule has 1 aromatic heterocycles. The number of esters is 1. The lowest BCUT2D eigenvalue weighted by Gasteiger charge is -2.51. The Kier molecular flexibility index (Phi) is 9.86. The molecule has 4 heterocycles. The van der Waals surface area contributed by atoms with Gasteiger partial charge in [0.25, 0.3) is 0 Å². The van der Waals surface area contributed by atoms with Crippen LogP contribution >= 0.6 is 24.8 Å². The summed E-state index contributed by atoms with van der Waals surface area (Å²) in [5.41, 5.74) is 1.95. The molecule has 5 unspecified atom stereocenters. The minimum absolute atomic E-state index is 0. The molecule has 2 aromatic rings. The first-order chi connectivity index (χ1) is 16.2. The standard InChI is InChI=1S/C28H36N2O3.2ClH/c1-3-20-18-30-15-13-21(20)16-26(30)28(33-27(31)11-8-19-6-4-5-7-19)23-12-14-29-25-10-9-22(32-2)17-24(23)25;;/h3,9-10,12,14,17,19-21,26,28H,1,4-8,11,13,15-16,18H2,2H3;2*1H. The Morgan fingerprint density at radius 1 is 1.23 bits per heavy atom. The number of piperidine rings is 3. The van der Waals surface area contributed by atoms with E-state index in [1.54, 1.807) is 7.11 Å². The van der Waals surface area contributed by atoms with E-state index in [4.69, 9.17) is 9.47 Å². The van der Waals surface area contributed by atoms with Crippen LogP contribution in [0.25, 0.3) is 10.9 Å². The number of halogens is 2. The number of aromatic nitrogens is 1. The maximum Gasteiger partial charge on any atom is 0.306 e. The molecule has 35 heavy (non-hydrogen) atoms. The lowest BCUT2D eigenvalue weighted by Crippen LogP contribution is -2.55. The van der Waals surface area contributed by atoms with Gasteiger partial charge in [0.1, 0.15) is 11.9 Å². The number of hydrogen-bond donors (Lipinski definition) is 0. The van der Waals surface area contributed by atoms with Gasteiger partial charge in [-0.15, -0.1) is 31.4 Å². The molecule has 3 saturated heterocycles. The van der Waals surface area contributed by atoms with Crippen LogP contribution in [0.3, 0.4) is 0 Å². The highest BCUT2D eigenvalue weighted by Gasteiger charge is 2.44. The van der Waals surface area contributed by atoms with E-state index in [9.17, 15) is 4.79 Å². The van der Waals surface area contributed by atoms with Crippen LogP contribution in [0.5, 0.6) is 5.75 Å². The van der Waals surface area contributed by atoms with Crippen molar-refractivity contribution in [3.05, 3.63) is 48.7 Å². The normalized spacial score (nSPS) is 26.4.